The Morgan fingerprint density at radius 1 is 1.47 bits per heavy atom. The van der Waals surface area contributed by atoms with Gasteiger partial charge in [0.15, 0.2) is 0 Å². The molecule has 0 atom stereocenters. The van der Waals surface area contributed by atoms with E-state index in [1.165, 1.54) is 0 Å². The third-order valence-electron chi connectivity index (χ3n) is 2.94. The van der Waals surface area contributed by atoms with Crippen LogP contribution in [-0.2, 0) is 0 Å². The SMILES string of the molecule is CCC(C)(C)CNc1cccc(Br)c1C(=O)O. The van der Waals surface area contributed by atoms with Gasteiger partial charge in [-0.2, -0.15) is 0 Å². The second kappa shape index (κ2) is 5.54. The average molecular weight is 300 g/mol. The number of halogens is 1. The van der Waals surface area contributed by atoms with Gasteiger partial charge in [0.2, 0.25) is 0 Å². The quantitative estimate of drug-likeness (QED) is 0.864. The number of rotatable bonds is 5. The number of carbonyl (C=O) groups is 1. The standard InChI is InChI=1S/C13H18BrNO2/c1-4-13(2,3)8-15-10-7-5-6-9(14)11(10)12(16)17/h5-7,15H,4,8H2,1-3H3,(H,16,17). The number of nitrogens with one attached hydrogen (secondary N) is 1. The third kappa shape index (κ3) is 3.73. The van der Waals surface area contributed by atoms with E-state index in [2.05, 4.69) is 42.0 Å². The van der Waals surface area contributed by atoms with E-state index in [0.717, 1.165) is 13.0 Å². The molecule has 2 N–H and O–H groups in total. The smallest absolute Gasteiger partial charge is 0.338 e. The lowest BCUT2D eigenvalue weighted by Gasteiger charge is -2.24. The highest BCUT2D eigenvalue weighted by Crippen LogP contribution is 2.27. The molecule has 0 heterocycles. The van der Waals surface area contributed by atoms with Crippen molar-refractivity contribution in [3.63, 3.8) is 0 Å². The largest absolute Gasteiger partial charge is 0.478 e. The van der Waals surface area contributed by atoms with Gasteiger partial charge in [-0.05, 0) is 39.9 Å². The number of hydrogen-bond donors (Lipinski definition) is 2. The topological polar surface area (TPSA) is 49.3 Å². The lowest BCUT2D eigenvalue weighted by molar-refractivity contribution is 0.0697. The minimum Gasteiger partial charge on any atom is -0.478 e. The van der Waals surface area contributed by atoms with Crippen LogP contribution in [0.5, 0.6) is 0 Å². The minimum absolute atomic E-state index is 0.151. The summed E-state index contributed by atoms with van der Waals surface area (Å²) in [5.74, 6) is -0.922. The van der Waals surface area contributed by atoms with Gasteiger partial charge in [0, 0.05) is 16.7 Å². The predicted molar refractivity (Wildman–Crippen MR) is 73.7 cm³/mol. The Bertz CT molecular complexity index is 416. The maximum absolute atomic E-state index is 11.2. The first-order valence-electron chi connectivity index (χ1n) is 5.63. The number of benzene rings is 1. The summed E-state index contributed by atoms with van der Waals surface area (Å²) in [5.41, 5.74) is 1.10. The van der Waals surface area contributed by atoms with E-state index in [9.17, 15) is 4.79 Å². The molecule has 0 fully saturated rings. The van der Waals surface area contributed by atoms with Gasteiger partial charge in [-0.25, -0.2) is 4.79 Å². The van der Waals surface area contributed by atoms with Gasteiger partial charge in [-0.1, -0.05) is 26.8 Å². The fourth-order valence-corrected chi connectivity index (χ4v) is 1.88. The molecule has 3 nitrogen and oxygen atoms in total. The molecule has 0 amide bonds. The summed E-state index contributed by atoms with van der Waals surface area (Å²) in [6.07, 6.45) is 1.04. The summed E-state index contributed by atoms with van der Waals surface area (Å²) in [6.45, 7) is 7.18. The molecular weight excluding hydrogens is 282 g/mol. The summed E-state index contributed by atoms with van der Waals surface area (Å²) in [6, 6.07) is 5.36. The van der Waals surface area contributed by atoms with Crippen molar-refractivity contribution in [3.05, 3.63) is 28.2 Å². The lowest BCUT2D eigenvalue weighted by atomic mass is 9.90. The van der Waals surface area contributed by atoms with E-state index in [1.54, 1.807) is 12.1 Å². The Kier molecular flexibility index (Phi) is 4.57. The highest BCUT2D eigenvalue weighted by Gasteiger charge is 2.18. The first kappa shape index (κ1) is 14.0. The Hall–Kier alpha value is -1.03. The molecule has 0 aromatic heterocycles. The van der Waals surface area contributed by atoms with Crippen LogP contribution in [0.15, 0.2) is 22.7 Å². The van der Waals surface area contributed by atoms with Crippen molar-refractivity contribution in [2.24, 2.45) is 5.41 Å². The molecule has 0 radical (unpaired) electrons. The summed E-state index contributed by atoms with van der Waals surface area (Å²) in [5, 5.41) is 12.4. The van der Waals surface area contributed by atoms with Crippen molar-refractivity contribution in [1.29, 1.82) is 0 Å². The van der Waals surface area contributed by atoms with Gasteiger partial charge in [-0.3, -0.25) is 0 Å². The van der Waals surface area contributed by atoms with Crippen molar-refractivity contribution < 1.29 is 9.90 Å². The average Bonchev–Trinajstić information content (AvgIpc) is 2.26. The zero-order chi connectivity index (χ0) is 13.1. The van der Waals surface area contributed by atoms with Crippen LogP contribution >= 0.6 is 15.9 Å². The van der Waals surface area contributed by atoms with E-state index in [4.69, 9.17) is 5.11 Å². The summed E-state index contributed by atoms with van der Waals surface area (Å²) in [4.78, 5) is 11.2. The second-order valence-corrected chi connectivity index (χ2v) is 5.69. The molecule has 0 spiro atoms. The molecule has 0 aliphatic rings. The molecule has 0 unspecified atom stereocenters. The van der Waals surface area contributed by atoms with Crippen molar-refractivity contribution in [1.82, 2.24) is 0 Å². The summed E-state index contributed by atoms with van der Waals surface area (Å²) in [7, 11) is 0. The van der Waals surface area contributed by atoms with Crippen LogP contribution in [0.1, 0.15) is 37.6 Å². The van der Waals surface area contributed by atoms with Gasteiger partial charge in [-0.15, -0.1) is 0 Å². The fraction of sp³-hybridized carbons (Fsp3) is 0.462. The van der Waals surface area contributed by atoms with E-state index < -0.39 is 5.97 Å². The normalized spacial score (nSPS) is 11.3. The molecule has 0 saturated heterocycles. The molecule has 1 aromatic carbocycles. The van der Waals surface area contributed by atoms with E-state index in [-0.39, 0.29) is 5.41 Å². The van der Waals surface area contributed by atoms with Crippen molar-refractivity contribution in [2.75, 3.05) is 11.9 Å². The summed E-state index contributed by atoms with van der Waals surface area (Å²) < 4.78 is 0.601. The first-order chi connectivity index (χ1) is 7.87. The second-order valence-electron chi connectivity index (χ2n) is 4.84. The highest BCUT2D eigenvalue weighted by molar-refractivity contribution is 9.10. The molecule has 1 rings (SSSR count). The predicted octanol–water partition coefficient (Wildman–Crippen LogP) is 4.00. The zero-order valence-electron chi connectivity index (χ0n) is 10.4. The van der Waals surface area contributed by atoms with Crippen LogP contribution in [0, 0.1) is 5.41 Å². The number of anilines is 1. The molecule has 1 aromatic rings. The highest BCUT2D eigenvalue weighted by atomic mass is 79.9. The van der Waals surface area contributed by atoms with Crippen LogP contribution in [0.3, 0.4) is 0 Å². The van der Waals surface area contributed by atoms with Gasteiger partial charge < -0.3 is 10.4 Å². The van der Waals surface area contributed by atoms with Gasteiger partial charge in [0.25, 0.3) is 0 Å². The number of aromatic carboxylic acids is 1. The minimum atomic E-state index is -0.922. The molecule has 0 aliphatic carbocycles. The Morgan fingerprint density at radius 3 is 2.65 bits per heavy atom. The maximum Gasteiger partial charge on any atom is 0.338 e. The van der Waals surface area contributed by atoms with Crippen LogP contribution in [0.2, 0.25) is 0 Å². The Morgan fingerprint density at radius 2 is 2.12 bits per heavy atom. The van der Waals surface area contributed by atoms with Crippen LogP contribution < -0.4 is 5.32 Å². The molecule has 0 saturated carbocycles. The van der Waals surface area contributed by atoms with Crippen molar-refractivity contribution in [2.45, 2.75) is 27.2 Å². The molecular formula is C13H18BrNO2. The zero-order valence-corrected chi connectivity index (χ0v) is 12.0. The lowest BCUT2D eigenvalue weighted by Crippen LogP contribution is -2.23. The molecule has 4 heteroatoms. The van der Waals surface area contributed by atoms with Gasteiger partial charge in [0.05, 0.1) is 5.56 Å². The third-order valence-corrected chi connectivity index (χ3v) is 3.60. The Labute approximate surface area is 110 Å². The van der Waals surface area contributed by atoms with Crippen LogP contribution in [0.4, 0.5) is 5.69 Å². The molecule has 17 heavy (non-hydrogen) atoms. The van der Waals surface area contributed by atoms with E-state index >= 15 is 0 Å². The fourth-order valence-electron chi connectivity index (χ4n) is 1.35. The van der Waals surface area contributed by atoms with E-state index in [0.29, 0.717) is 15.7 Å². The molecule has 0 bridgehead atoms. The monoisotopic (exact) mass is 299 g/mol. The van der Waals surface area contributed by atoms with Gasteiger partial charge in [0.1, 0.15) is 0 Å². The Balaban J connectivity index is 2.92. The number of carboxylic acids is 1. The first-order valence-corrected chi connectivity index (χ1v) is 6.42. The maximum atomic E-state index is 11.2. The summed E-state index contributed by atoms with van der Waals surface area (Å²) >= 11 is 3.26. The van der Waals surface area contributed by atoms with E-state index in [1.807, 2.05) is 6.07 Å². The van der Waals surface area contributed by atoms with Gasteiger partial charge >= 0.3 is 5.97 Å². The van der Waals surface area contributed by atoms with Crippen molar-refractivity contribution in [3.8, 4) is 0 Å². The molecule has 94 valence electrons. The number of carboxylic acid groups (broad SMARTS) is 1. The number of hydrogen-bond acceptors (Lipinski definition) is 2. The van der Waals surface area contributed by atoms with Crippen LogP contribution in [-0.4, -0.2) is 17.6 Å². The molecule has 0 aliphatic heterocycles. The van der Waals surface area contributed by atoms with Crippen LogP contribution in [0.25, 0.3) is 0 Å². The van der Waals surface area contributed by atoms with Crippen molar-refractivity contribution >= 4 is 27.6 Å².